The fourth-order valence-corrected chi connectivity index (χ4v) is 1.59. The Balaban J connectivity index is 2.48. The first-order chi connectivity index (χ1) is 7.20. The fraction of sp³-hybridized carbons (Fsp3) is 0.100. The smallest absolute Gasteiger partial charge is 0.162 e. The molecule has 3 nitrogen and oxygen atoms in total. The number of hydrogen-bond donors (Lipinski definition) is 1. The Morgan fingerprint density at radius 3 is 2.73 bits per heavy atom. The van der Waals surface area contributed by atoms with Crippen LogP contribution in [0.2, 0.25) is 10.0 Å². The number of rotatable bonds is 2. The third-order valence-corrected chi connectivity index (χ3v) is 2.48. The molecule has 1 aromatic carbocycles. The molecule has 1 N–H and O–H groups in total. The minimum Gasteiger partial charge on any atom is -0.388 e. The molecule has 1 aromatic heterocycles. The first kappa shape index (κ1) is 10.5. The average Bonchev–Trinajstić information content (AvgIpc) is 2.70. The lowest BCUT2D eigenvalue weighted by atomic mass is 10.1. The molecule has 0 radical (unpaired) electrons. The van der Waals surface area contributed by atoms with Crippen molar-refractivity contribution in [3.8, 4) is 11.3 Å². The maximum absolute atomic E-state index is 8.83. The van der Waals surface area contributed by atoms with E-state index >= 15 is 0 Å². The molecule has 0 saturated heterocycles. The molecule has 5 heteroatoms. The van der Waals surface area contributed by atoms with Crippen molar-refractivity contribution in [2.75, 3.05) is 0 Å². The van der Waals surface area contributed by atoms with Crippen LogP contribution in [0, 0.1) is 0 Å². The van der Waals surface area contributed by atoms with Gasteiger partial charge in [0.25, 0.3) is 0 Å². The van der Waals surface area contributed by atoms with E-state index in [0.29, 0.717) is 27.1 Å². The quantitative estimate of drug-likeness (QED) is 0.882. The summed E-state index contributed by atoms with van der Waals surface area (Å²) in [5, 5.41) is 13.7. The summed E-state index contributed by atoms with van der Waals surface area (Å²) >= 11 is 11.8. The maximum Gasteiger partial charge on any atom is 0.162 e. The van der Waals surface area contributed by atoms with E-state index in [0.717, 1.165) is 0 Å². The van der Waals surface area contributed by atoms with Crippen molar-refractivity contribution in [1.29, 1.82) is 0 Å². The van der Waals surface area contributed by atoms with Gasteiger partial charge in [0.15, 0.2) is 5.76 Å². The van der Waals surface area contributed by atoms with Gasteiger partial charge in [-0.05, 0) is 18.2 Å². The van der Waals surface area contributed by atoms with E-state index in [-0.39, 0.29) is 6.61 Å². The van der Waals surface area contributed by atoms with E-state index in [2.05, 4.69) is 5.16 Å². The van der Waals surface area contributed by atoms with Gasteiger partial charge in [0.1, 0.15) is 12.3 Å². The molecule has 0 aliphatic carbocycles. The van der Waals surface area contributed by atoms with Crippen LogP contribution in [-0.2, 0) is 6.61 Å². The third kappa shape index (κ3) is 2.15. The molecule has 0 amide bonds. The minimum atomic E-state index is -0.189. The number of benzene rings is 1. The third-order valence-electron chi connectivity index (χ3n) is 1.92. The van der Waals surface area contributed by atoms with Crippen molar-refractivity contribution in [2.24, 2.45) is 0 Å². The molecule has 0 unspecified atom stereocenters. The zero-order valence-corrected chi connectivity index (χ0v) is 9.09. The number of aliphatic hydroxyl groups is 1. The highest BCUT2D eigenvalue weighted by molar-refractivity contribution is 6.35. The molecule has 0 bridgehead atoms. The van der Waals surface area contributed by atoms with Crippen LogP contribution in [-0.4, -0.2) is 10.3 Å². The van der Waals surface area contributed by atoms with Gasteiger partial charge in [-0.2, -0.15) is 0 Å². The van der Waals surface area contributed by atoms with Crippen molar-refractivity contribution >= 4 is 23.2 Å². The lowest BCUT2D eigenvalue weighted by Crippen LogP contribution is -1.79. The van der Waals surface area contributed by atoms with Crippen molar-refractivity contribution in [3.63, 3.8) is 0 Å². The Kier molecular flexibility index (Phi) is 2.95. The van der Waals surface area contributed by atoms with Crippen molar-refractivity contribution < 1.29 is 9.63 Å². The highest BCUT2D eigenvalue weighted by atomic mass is 35.5. The SMILES string of the molecule is OCc1cc(-c2cc(Cl)ccc2Cl)no1. The summed E-state index contributed by atoms with van der Waals surface area (Å²) in [6, 6.07) is 6.70. The zero-order chi connectivity index (χ0) is 10.8. The van der Waals surface area contributed by atoms with Gasteiger partial charge in [-0.15, -0.1) is 0 Å². The molecule has 0 spiro atoms. The first-order valence-corrected chi connectivity index (χ1v) is 4.98. The van der Waals surface area contributed by atoms with Crippen molar-refractivity contribution in [2.45, 2.75) is 6.61 Å². The number of halogens is 2. The van der Waals surface area contributed by atoms with Gasteiger partial charge in [-0.3, -0.25) is 0 Å². The molecular formula is C10H7Cl2NO2. The predicted molar refractivity (Wildman–Crippen MR) is 57.9 cm³/mol. The van der Waals surface area contributed by atoms with Gasteiger partial charge < -0.3 is 9.63 Å². The summed E-state index contributed by atoms with van der Waals surface area (Å²) in [5.41, 5.74) is 1.25. The summed E-state index contributed by atoms with van der Waals surface area (Å²) in [6.07, 6.45) is 0. The molecular weight excluding hydrogens is 237 g/mol. The predicted octanol–water partition coefficient (Wildman–Crippen LogP) is 3.14. The van der Waals surface area contributed by atoms with E-state index in [1.807, 2.05) is 0 Å². The Morgan fingerprint density at radius 2 is 2.07 bits per heavy atom. The molecule has 15 heavy (non-hydrogen) atoms. The van der Waals surface area contributed by atoms with Gasteiger partial charge in [-0.1, -0.05) is 28.4 Å². The van der Waals surface area contributed by atoms with Gasteiger partial charge in [-0.25, -0.2) is 0 Å². The van der Waals surface area contributed by atoms with Crippen LogP contribution in [0.4, 0.5) is 0 Å². The standard InChI is InChI=1S/C10H7Cl2NO2/c11-6-1-2-9(12)8(3-6)10-4-7(5-14)15-13-10/h1-4,14H,5H2. The van der Waals surface area contributed by atoms with Crippen LogP contribution in [0.3, 0.4) is 0 Å². The van der Waals surface area contributed by atoms with Gasteiger partial charge in [0.2, 0.25) is 0 Å². The number of aliphatic hydroxyl groups excluding tert-OH is 1. The number of aromatic nitrogens is 1. The topological polar surface area (TPSA) is 46.3 Å². The summed E-state index contributed by atoms with van der Waals surface area (Å²) < 4.78 is 4.86. The lowest BCUT2D eigenvalue weighted by molar-refractivity contribution is 0.229. The Morgan fingerprint density at radius 1 is 1.27 bits per heavy atom. The summed E-state index contributed by atoms with van der Waals surface area (Å²) in [5.74, 6) is 0.390. The van der Waals surface area contributed by atoms with Gasteiger partial charge >= 0.3 is 0 Å². The van der Waals surface area contributed by atoms with Gasteiger partial charge in [0, 0.05) is 16.7 Å². The number of hydrogen-bond acceptors (Lipinski definition) is 3. The Bertz CT molecular complexity index is 482. The Labute approximate surface area is 96.2 Å². The molecule has 1 heterocycles. The van der Waals surface area contributed by atoms with Crippen molar-refractivity contribution in [3.05, 3.63) is 40.1 Å². The molecule has 0 aliphatic heterocycles. The second-order valence-electron chi connectivity index (χ2n) is 2.96. The molecule has 0 saturated carbocycles. The largest absolute Gasteiger partial charge is 0.388 e. The molecule has 2 rings (SSSR count). The first-order valence-electron chi connectivity index (χ1n) is 4.22. The van der Waals surface area contributed by atoms with Crippen molar-refractivity contribution in [1.82, 2.24) is 5.16 Å². The Hall–Kier alpha value is -1.03. The van der Waals surface area contributed by atoms with E-state index < -0.39 is 0 Å². The maximum atomic E-state index is 8.83. The lowest BCUT2D eigenvalue weighted by Gasteiger charge is -1.99. The van der Waals surface area contributed by atoms with Gasteiger partial charge in [0.05, 0.1) is 5.02 Å². The van der Waals surface area contributed by atoms with Crippen LogP contribution in [0.1, 0.15) is 5.76 Å². The zero-order valence-electron chi connectivity index (χ0n) is 7.58. The minimum absolute atomic E-state index is 0.189. The van der Waals surface area contributed by atoms with E-state index in [9.17, 15) is 0 Å². The molecule has 78 valence electrons. The van der Waals surface area contributed by atoms with Crippen LogP contribution >= 0.6 is 23.2 Å². The van der Waals surface area contributed by atoms with Crippen LogP contribution in [0.5, 0.6) is 0 Å². The van der Waals surface area contributed by atoms with E-state index in [4.69, 9.17) is 32.8 Å². The van der Waals surface area contributed by atoms with Crippen LogP contribution in [0.15, 0.2) is 28.8 Å². The monoisotopic (exact) mass is 243 g/mol. The molecule has 0 atom stereocenters. The molecule has 0 fully saturated rings. The molecule has 0 aliphatic rings. The van der Waals surface area contributed by atoms with E-state index in [1.165, 1.54) is 0 Å². The second kappa shape index (κ2) is 4.23. The fourth-order valence-electron chi connectivity index (χ4n) is 1.21. The van der Waals surface area contributed by atoms with Crippen LogP contribution in [0.25, 0.3) is 11.3 Å². The normalized spacial score (nSPS) is 10.6. The summed E-state index contributed by atoms with van der Waals surface area (Å²) in [7, 11) is 0. The second-order valence-corrected chi connectivity index (χ2v) is 3.80. The van der Waals surface area contributed by atoms with Crippen LogP contribution < -0.4 is 0 Å². The average molecular weight is 244 g/mol. The summed E-state index contributed by atoms with van der Waals surface area (Å²) in [4.78, 5) is 0. The van der Waals surface area contributed by atoms with E-state index in [1.54, 1.807) is 24.3 Å². The number of nitrogens with zero attached hydrogens (tertiary/aromatic N) is 1. The highest BCUT2D eigenvalue weighted by Crippen LogP contribution is 2.30. The molecule has 2 aromatic rings. The highest BCUT2D eigenvalue weighted by Gasteiger charge is 2.09. The summed E-state index contributed by atoms with van der Waals surface area (Å²) in [6.45, 7) is -0.189.